The number of urea groups is 1. The number of amides is 2. The molecule has 1 aliphatic rings. The molecule has 0 atom stereocenters. The van der Waals surface area contributed by atoms with Crippen LogP contribution < -0.4 is 5.32 Å². The van der Waals surface area contributed by atoms with Crippen LogP contribution in [0, 0.1) is 6.92 Å². The first-order valence-electron chi connectivity index (χ1n) is 9.19. The maximum atomic E-state index is 12.7. The Kier molecular flexibility index (Phi) is 4.96. The van der Waals surface area contributed by atoms with Gasteiger partial charge in [-0.05, 0) is 61.2 Å². The highest BCUT2D eigenvalue weighted by Gasteiger charge is 2.20. The van der Waals surface area contributed by atoms with Gasteiger partial charge in [-0.3, -0.25) is 5.32 Å². The molecular formula is C21H21ClN4O2. The third kappa shape index (κ3) is 3.82. The molecule has 1 aromatic heterocycles. The van der Waals surface area contributed by atoms with E-state index in [4.69, 9.17) is 11.6 Å². The van der Waals surface area contributed by atoms with Gasteiger partial charge in [-0.2, -0.15) is 0 Å². The Labute approximate surface area is 168 Å². The van der Waals surface area contributed by atoms with Gasteiger partial charge in [-0.25, -0.2) is 9.48 Å². The fourth-order valence-corrected chi connectivity index (χ4v) is 3.69. The number of aromatic nitrogens is 2. The van der Waals surface area contributed by atoms with Crippen LogP contribution in [0.15, 0.2) is 48.5 Å². The summed E-state index contributed by atoms with van der Waals surface area (Å²) in [6.07, 6.45) is 1.48. The third-order valence-corrected chi connectivity index (χ3v) is 5.19. The van der Waals surface area contributed by atoms with Crippen molar-refractivity contribution in [3.8, 4) is 11.4 Å². The lowest BCUT2D eigenvalue weighted by molar-refractivity contribution is 0.214. The Bertz CT molecular complexity index is 1030. The molecule has 3 aromatic rings. The van der Waals surface area contributed by atoms with Crippen molar-refractivity contribution in [1.29, 1.82) is 0 Å². The summed E-state index contributed by atoms with van der Waals surface area (Å²) in [5, 5.41) is 17.7. The lowest BCUT2D eigenvalue weighted by Gasteiger charge is -2.20. The second-order valence-corrected chi connectivity index (χ2v) is 7.37. The molecule has 28 heavy (non-hydrogen) atoms. The molecule has 2 aromatic carbocycles. The van der Waals surface area contributed by atoms with Crippen LogP contribution in [-0.4, -0.2) is 38.9 Å². The number of phenols is 1. The molecule has 0 spiro atoms. The number of nitrogens with zero attached hydrogens (tertiary/aromatic N) is 3. The van der Waals surface area contributed by atoms with Gasteiger partial charge in [-0.15, -0.1) is 5.10 Å². The number of anilines is 1. The van der Waals surface area contributed by atoms with Crippen LogP contribution in [-0.2, 0) is 12.8 Å². The first kappa shape index (κ1) is 18.4. The quantitative estimate of drug-likeness (QED) is 0.682. The number of carbonyl (C=O) groups is 1. The number of hydrogen-bond acceptors (Lipinski definition) is 3. The number of benzene rings is 2. The van der Waals surface area contributed by atoms with Crippen molar-refractivity contribution in [3.05, 3.63) is 70.4 Å². The van der Waals surface area contributed by atoms with Gasteiger partial charge in [-0.1, -0.05) is 23.7 Å². The summed E-state index contributed by atoms with van der Waals surface area (Å²) >= 11 is 6.07. The Morgan fingerprint density at radius 3 is 2.68 bits per heavy atom. The molecule has 0 unspecified atom stereocenters. The van der Waals surface area contributed by atoms with E-state index in [1.165, 1.54) is 5.56 Å². The van der Waals surface area contributed by atoms with Crippen molar-refractivity contribution in [3.63, 3.8) is 0 Å². The molecule has 1 aliphatic heterocycles. The highest BCUT2D eigenvalue weighted by atomic mass is 35.5. The zero-order valence-corrected chi connectivity index (χ0v) is 16.3. The van der Waals surface area contributed by atoms with Crippen LogP contribution >= 0.6 is 11.6 Å². The summed E-state index contributed by atoms with van der Waals surface area (Å²) in [5.41, 5.74) is 4.01. The Morgan fingerprint density at radius 1 is 1.11 bits per heavy atom. The Morgan fingerprint density at radius 2 is 1.89 bits per heavy atom. The van der Waals surface area contributed by atoms with Crippen LogP contribution in [0.1, 0.15) is 16.8 Å². The molecule has 2 heterocycles. The molecule has 0 saturated heterocycles. The van der Waals surface area contributed by atoms with Crippen molar-refractivity contribution < 1.29 is 9.90 Å². The van der Waals surface area contributed by atoms with Gasteiger partial charge in [0.25, 0.3) is 0 Å². The molecule has 7 heteroatoms. The average Bonchev–Trinajstić information content (AvgIpc) is 2.89. The monoisotopic (exact) mass is 396 g/mol. The molecule has 144 valence electrons. The minimum Gasteiger partial charge on any atom is -0.508 e. The van der Waals surface area contributed by atoms with Crippen molar-refractivity contribution in [2.45, 2.75) is 19.8 Å². The van der Waals surface area contributed by atoms with Gasteiger partial charge < -0.3 is 10.0 Å². The van der Waals surface area contributed by atoms with Gasteiger partial charge in [0.05, 0.1) is 5.69 Å². The van der Waals surface area contributed by atoms with E-state index < -0.39 is 0 Å². The molecule has 0 bridgehead atoms. The van der Waals surface area contributed by atoms with Gasteiger partial charge >= 0.3 is 6.03 Å². The van der Waals surface area contributed by atoms with Crippen molar-refractivity contribution >= 4 is 23.4 Å². The molecule has 0 radical (unpaired) electrons. The number of phenolic OH excluding ortho intramolecular Hbond substituents is 1. The number of carbonyl (C=O) groups excluding carboxylic acids is 1. The number of aromatic hydroxyl groups is 1. The SMILES string of the molecule is Cc1cc(NC(=O)N2CCc3ccc(O)cc3CC2)nn1-c1cccc(Cl)c1. The number of halogens is 1. The van der Waals surface area contributed by atoms with Crippen molar-refractivity contribution in [2.75, 3.05) is 18.4 Å². The number of nitrogens with one attached hydrogen (secondary N) is 1. The molecule has 2 amide bonds. The molecule has 2 N–H and O–H groups in total. The molecular weight excluding hydrogens is 376 g/mol. The lowest BCUT2D eigenvalue weighted by Crippen LogP contribution is -2.36. The van der Waals surface area contributed by atoms with E-state index >= 15 is 0 Å². The number of aryl methyl sites for hydroxylation is 1. The Balaban J connectivity index is 1.46. The summed E-state index contributed by atoms with van der Waals surface area (Å²) in [6, 6.07) is 14.5. The summed E-state index contributed by atoms with van der Waals surface area (Å²) in [6.45, 7) is 3.15. The minimum atomic E-state index is -0.173. The van der Waals surface area contributed by atoms with Gasteiger partial charge in [0.1, 0.15) is 5.75 Å². The second-order valence-electron chi connectivity index (χ2n) is 6.93. The van der Waals surface area contributed by atoms with Crippen LogP contribution in [0.4, 0.5) is 10.6 Å². The van der Waals surface area contributed by atoms with Crippen LogP contribution in [0.5, 0.6) is 5.75 Å². The zero-order valence-electron chi connectivity index (χ0n) is 15.5. The summed E-state index contributed by atoms with van der Waals surface area (Å²) in [4.78, 5) is 14.5. The predicted molar refractivity (Wildman–Crippen MR) is 109 cm³/mol. The zero-order chi connectivity index (χ0) is 19.7. The number of fused-ring (bicyclic) bond motifs is 1. The maximum Gasteiger partial charge on any atom is 0.323 e. The van der Waals surface area contributed by atoms with E-state index in [2.05, 4.69) is 10.4 Å². The molecule has 0 saturated carbocycles. The summed E-state index contributed by atoms with van der Waals surface area (Å²) in [5.74, 6) is 0.764. The summed E-state index contributed by atoms with van der Waals surface area (Å²) in [7, 11) is 0. The van der Waals surface area contributed by atoms with E-state index in [-0.39, 0.29) is 11.8 Å². The fraction of sp³-hybridized carbons (Fsp3) is 0.238. The normalized spacial score (nSPS) is 13.7. The van der Waals surface area contributed by atoms with E-state index in [9.17, 15) is 9.90 Å². The van der Waals surface area contributed by atoms with Crippen molar-refractivity contribution in [1.82, 2.24) is 14.7 Å². The van der Waals surface area contributed by atoms with Gasteiger partial charge in [0, 0.05) is 29.9 Å². The standard InChI is InChI=1S/C21H21ClN4O2/c1-14-11-20(24-26(14)18-4-2-3-17(22)13-18)23-21(28)25-9-7-15-5-6-19(27)12-16(15)8-10-25/h2-6,11-13,27H,7-10H2,1H3,(H,23,24,28). The minimum absolute atomic E-state index is 0.173. The summed E-state index contributed by atoms with van der Waals surface area (Å²) < 4.78 is 1.75. The van der Waals surface area contributed by atoms with E-state index in [1.807, 2.05) is 43.3 Å². The maximum absolute atomic E-state index is 12.7. The first-order chi connectivity index (χ1) is 13.5. The molecule has 0 aliphatic carbocycles. The third-order valence-electron chi connectivity index (χ3n) is 4.95. The molecule has 0 fully saturated rings. The highest BCUT2D eigenvalue weighted by molar-refractivity contribution is 6.30. The van der Waals surface area contributed by atoms with Crippen molar-refractivity contribution in [2.24, 2.45) is 0 Å². The lowest BCUT2D eigenvalue weighted by atomic mass is 10.0. The predicted octanol–water partition coefficient (Wildman–Crippen LogP) is 4.17. The number of rotatable bonds is 2. The topological polar surface area (TPSA) is 70.4 Å². The molecule has 6 nitrogen and oxygen atoms in total. The first-order valence-corrected chi connectivity index (χ1v) is 9.57. The largest absolute Gasteiger partial charge is 0.508 e. The second kappa shape index (κ2) is 7.56. The fourth-order valence-electron chi connectivity index (χ4n) is 3.51. The van der Waals surface area contributed by atoms with E-state index in [0.717, 1.165) is 23.4 Å². The van der Waals surface area contributed by atoms with Crippen LogP contribution in [0.25, 0.3) is 5.69 Å². The van der Waals surface area contributed by atoms with Gasteiger partial charge in [0.2, 0.25) is 0 Å². The van der Waals surface area contributed by atoms with Gasteiger partial charge in [0.15, 0.2) is 5.82 Å². The smallest absolute Gasteiger partial charge is 0.323 e. The van der Waals surface area contributed by atoms with E-state index in [0.29, 0.717) is 30.4 Å². The number of hydrogen-bond donors (Lipinski definition) is 2. The van der Waals surface area contributed by atoms with Crippen LogP contribution in [0.2, 0.25) is 5.02 Å². The van der Waals surface area contributed by atoms with E-state index in [1.54, 1.807) is 21.7 Å². The molecule has 4 rings (SSSR count). The average molecular weight is 397 g/mol. The Hall–Kier alpha value is -2.99. The van der Waals surface area contributed by atoms with Crippen LogP contribution in [0.3, 0.4) is 0 Å². The highest BCUT2D eigenvalue weighted by Crippen LogP contribution is 2.22.